The molecule has 0 rings (SSSR count). The Kier molecular flexibility index (Phi) is 6.08. The predicted octanol–water partition coefficient (Wildman–Crippen LogP) is -1.82. The van der Waals surface area contributed by atoms with Crippen molar-refractivity contribution in [2.45, 2.75) is 19.4 Å². The molecule has 17 heavy (non-hydrogen) atoms. The minimum atomic E-state index is -1.52. The number of hydrogen-bond donors (Lipinski definition) is 5. The maximum atomic E-state index is 11.7. The van der Waals surface area contributed by atoms with E-state index in [0.29, 0.717) is 0 Å². The summed E-state index contributed by atoms with van der Waals surface area (Å²) in [7, 11) is 0. The van der Waals surface area contributed by atoms with Crippen LogP contribution >= 0.6 is 0 Å². The third-order valence-electron chi connectivity index (χ3n) is 2.85. The molecule has 7 heteroatoms. The second-order valence-electron chi connectivity index (χ2n) is 4.16. The van der Waals surface area contributed by atoms with E-state index in [4.69, 9.17) is 20.4 Å². The predicted molar refractivity (Wildman–Crippen MR) is 58.1 cm³/mol. The van der Waals surface area contributed by atoms with Crippen molar-refractivity contribution in [1.29, 1.82) is 0 Å². The van der Waals surface area contributed by atoms with Crippen LogP contribution < -0.4 is 5.32 Å². The number of nitrogens with one attached hydrogen (secondary N) is 1. The molecule has 0 aliphatic heterocycles. The topological polar surface area (TPSA) is 127 Å². The van der Waals surface area contributed by atoms with Gasteiger partial charge >= 0.3 is 5.97 Å². The highest BCUT2D eigenvalue weighted by Crippen LogP contribution is 2.13. The molecule has 0 bridgehead atoms. The van der Waals surface area contributed by atoms with Crippen LogP contribution in [-0.4, -0.2) is 57.7 Å². The first-order valence-electron chi connectivity index (χ1n) is 5.21. The Labute approximate surface area is 99.1 Å². The third-order valence-corrected chi connectivity index (χ3v) is 2.85. The number of carbonyl (C=O) groups excluding carboxylic acids is 1. The van der Waals surface area contributed by atoms with Crippen LogP contribution in [0.15, 0.2) is 0 Å². The summed E-state index contributed by atoms with van der Waals surface area (Å²) in [6.45, 7) is 0.885. The molecule has 0 aliphatic carbocycles. The summed E-state index contributed by atoms with van der Waals surface area (Å²) < 4.78 is 0. The largest absolute Gasteiger partial charge is 0.481 e. The van der Waals surface area contributed by atoms with Gasteiger partial charge in [0, 0.05) is 5.92 Å². The molecule has 7 nitrogen and oxygen atoms in total. The second-order valence-corrected chi connectivity index (χ2v) is 4.16. The molecule has 0 aromatic carbocycles. The SMILES string of the molecule is CC(C(=O)O)C(C)C(=O)NC(CO)(CO)CO. The molecule has 0 aromatic heterocycles. The van der Waals surface area contributed by atoms with E-state index in [2.05, 4.69) is 5.32 Å². The molecule has 2 atom stereocenters. The van der Waals surface area contributed by atoms with Gasteiger partial charge in [0.15, 0.2) is 0 Å². The van der Waals surface area contributed by atoms with Crippen LogP contribution in [0.4, 0.5) is 0 Å². The maximum absolute atomic E-state index is 11.7. The molecule has 0 radical (unpaired) electrons. The van der Waals surface area contributed by atoms with Crippen LogP contribution in [0.2, 0.25) is 0 Å². The summed E-state index contributed by atoms with van der Waals surface area (Å²) >= 11 is 0. The van der Waals surface area contributed by atoms with E-state index in [1.165, 1.54) is 13.8 Å². The average Bonchev–Trinajstić information content (AvgIpc) is 2.33. The van der Waals surface area contributed by atoms with E-state index in [1.54, 1.807) is 0 Å². The smallest absolute Gasteiger partial charge is 0.307 e. The Morgan fingerprint density at radius 3 is 1.76 bits per heavy atom. The fourth-order valence-corrected chi connectivity index (χ4v) is 1.08. The van der Waals surface area contributed by atoms with Gasteiger partial charge in [-0.2, -0.15) is 0 Å². The molecule has 2 unspecified atom stereocenters. The van der Waals surface area contributed by atoms with Crippen molar-refractivity contribution in [2.24, 2.45) is 11.8 Å². The molecule has 100 valence electrons. The van der Waals surface area contributed by atoms with Crippen LogP contribution in [0.5, 0.6) is 0 Å². The monoisotopic (exact) mass is 249 g/mol. The first kappa shape index (κ1) is 15.8. The quantitative estimate of drug-likeness (QED) is 0.361. The van der Waals surface area contributed by atoms with Gasteiger partial charge in [-0.15, -0.1) is 0 Å². The van der Waals surface area contributed by atoms with Crippen molar-refractivity contribution in [3.8, 4) is 0 Å². The normalized spacial score (nSPS) is 15.1. The Hall–Kier alpha value is -1.18. The number of carboxylic acid groups (broad SMARTS) is 1. The molecule has 0 fully saturated rings. The van der Waals surface area contributed by atoms with Crippen LogP contribution in [0, 0.1) is 11.8 Å². The number of amides is 1. The molecular formula is C10H19NO6. The van der Waals surface area contributed by atoms with Crippen molar-refractivity contribution in [3.05, 3.63) is 0 Å². The van der Waals surface area contributed by atoms with Gasteiger partial charge in [0.25, 0.3) is 0 Å². The highest BCUT2D eigenvalue weighted by Gasteiger charge is 2.34. The number of hydrogen-bond acceptors (Lipinski definition) is 5. The molecule has 1 amide bonds. The zero-order valence-corrected chi connectivity index (χ0v) is 9.88. The summed E-state index contributed by atoms with van der Waals surface area (Å²) in [6.07, 6.45) is 0. The van der Waals surface area contributed by atoms with Crippen molar-refractivity contribution in [3.63, 3.8) is 0 Å². The molecule has 0 saturated carbocycles. The van der Waals surface area contributed by atoms with E-state index in [1.807, 2.05) is 0 Å². The van der Waals surface area contributed by atoms with Gasteiger partial charge in [-0.25, -0.2) is 0 Å². The summed E-state index contributed by atoms with van der Waals surface area (Å²) in [5.41, 5.74) is -1.52. The summed E-state index contributed by atoms with van der Waals surface area (Å²) in [4.78, 5) is 22.4. The molecule has 0 spiro atoms. The zero-order valence-electron chi connectivity index (χ0n) is 9.88. The first-order chi connectivity index (χ1) is 7.83. The number of aliphatic hydroxyl groups excluding tert-OH is 3. The number of carbonyl (C=O) groups is 2. The number of aliphatic carboxylic acids is 1. The van der Waals surface area contributed by atoms with E-state index in [9.17, 15) is 9.59 Å². The molecule has 0 aromatic rings. The molecule has 0 aliphatic rings. The summed E-state index contributed by atoms with van der Waals surface area (Å²) in [5.74, 6) is -3.49. The number of aliphatic hydroxyl groups is 3. The minimum Gasteiger partial charge on any atom is -0.481 e. The van der Waals surface area contributed by atoms with Crippen molar-refractivity contribution < 1.29 is 30.0 Å². The fourth-order valence-electron chi connectivity index (χ4n) is 1.08. The van der Waals surface area contributed by atoms with Crippen molar-refractivity contribution in [1.82, 2.24) is 5.32 Å². The van der Waals surface area contributed by atoms with Gasteiger partial charge in [0.1, 0.15) is 5.54 Å². The van der Waals surface area contributed by atoms with Crippen LogP contribution in [-0.2, 0) is 9.59 Å². The van der Waals surface area contributed by atoms with Gasteiger partial charge in [0.2, 0.25) is 5.91 Å². The summed E-state index contributed by atoms with van der Waals surface area (Å²) in [5, 5.41) is 38.0. The minimum absolute atomic E-state index is 0.639. The molecule has 5 N–H and O–H groups in total. The third kappa shape index (κ3) is 3.95. The second kappa shape index (κ2) is 6.53. The highest BCUT2D eigenvalue weighted by molar-refractivity contribution is 5.84. The number of rotatable bonds is 7. The van der Waals surface area contributed by atoms with Crippen molar-refractivity contribution in [2.75, 3.05) is 19.8 Å². The fraction of sp³-hybridized carbons (Fsp3) is 0.800. The number of carboxylic acids is 1. The van der Waals surface area contributed by atoms with E-state index in [-0.39, 0.29) is 0 Å². The lowest BCUT2D eigenvalue weighted by molar-refractivity contribution is -0.146. The maximum Gasteiger partial charge on any atom is 0.307 e. The Balaban J connectivity index is 4.67. The highest BCUT2D eigenvalue weighted by atomic mass is 16.4. The van der Waals surface area contributed by atoms with Gasteiger partial charge in [0.05, 0.1) is 25.7 Å². The van der Waals surface area contributed by atoms with Crippen LogP contribution in [0.3, 0.4) is 0 Å². The van der Waals surface area contributed by atoms with Crippen LogP contribution in [0.1, 0.15) is 13.8 Å². The Morgan fingerprint density at radius 1 is 1.06 bits per heavy atom. The Morgan fingerprint density at radius 2 is 1.47 bits per heavy atom. The van der Waals surface area contributed by atoms with E-state index < -0.39 is 49.1 Å². The Bertz CT molecular complexity index is 268. The molecule has 0 saturated heterocycles. The van der Waals surface area contributed by atoms with Gasteiger partial charge in [-0.1, -0.05) is 13.8 Å². The van der Waals surface area contributed by atoms with Crippen LogP contribution in [0.25, 0.3) is 0 Å². The van der Waals surface area contributed by atoms with Crippen molar-refractivity contribution >= 4 is 11.9 Å². The lowest BCUT2D eigenvalue weighted by atomic mass is 9.93. The van der Waals surface area contributed by atoms with Gasteiger partial charge in [-0.05, 0) is 0 Å². The molecule has 0 heterocycles. The van der Waals surface area contributed by atoms with E-state index in [0.717, 1.165) is 0 Å². The zero-order chi connectivity index (χ0) is 13.6. The average molecular weight is 249 g/mol. The standard InChI is InChI=1S/C10H19NO6/c1-6(7(2)9(16)17)8(15)11-10(3-12,4-13)5-14/h6-7,12-14H,3-5H2,1-2H3,(H,11,15)(H,16,17). The first-order valence-corrected chi connectivity index (χ1v) is 5.21. The lowest BCUT2D eigenvalue weighted by Crippen LogP contribution is -2.58. The molecular weight excluding hydrogens is 230 g/mol. The van der Waals surface area contributed by atoms with Gasteiger partial charge < -0.3 is 25.7 Å². The van der Waals surface area contributed by atoms with E-state index >= 15 is 0 Å². The summed E-state index contributed by atoms with van der Waals surface area (Å²) in [6, 6.07) is 0. The lowest BCUT2D eigenvalue weighted by Gasteiger charge is -2.30. The van der Waals surface area contributed by atoms with Gasteiger partial charge in [-0.3, -0.25) is 9.59 Å².